The molecule has 0 saturated carbocycles. The van der Waals surface area contributed by atoms with Gasteiger partial charge in [-0.15, -0.1) is 0 Å². The van der Waals surface area contributed by atoms with Crippen molar-refractivity contribution in [1.29, 1.82) is 0 Å². The van der Waals surface area contributed by atoms with Crippen molar-refractivity contribution in [3.05, 3.63) is 16.7 Å². The van der Waals surface area contributed by atoms with Crippen LogP contribution in [0.25, 0.3) is 0 Å². The number of nitrogens with two attached hydrogens (primary N) is 2. The quantitative estimate of drug-likeness (QED) is 0.626. The van der Waals surface area contributed by atoms with Gasteiger partial charge in [0.2, 0.25) is 0 Å². The molecule has 1 aliphatic rings. The van der Waals surface area contributed by atoms with Gasteiger partial charge in [-0.25, -0.2) is 4.98 Å². The lowest BCUT2D eigenvalue weighted by Gasteiger charge is -2.23. The van der Waals surface area contributed by atoms with Crippen LogP contribution in [0.15, 0.2) is 11.1 Å². The molecular weight excluding hydrogens is 232 g/mol. The van der Waals surface area contributed by atoms with Crippen molar-refractivity contribution in [2.75, 3.05) is 49.9 Å². The van der Waals surface area contributed by atoms with E-state index in [-0.39, 0.29) is 11.2 Å². The number of anilines is 2. The maximum absolute atomic E-state index is 11.5. The number of H-pyrrole nitrogens is 1. The summed E-state index contributed by atoms with van der Waals surface area (Å²) in [7, 11) is 0. The lowest BCUT2D eigenvalue weighted by Crippen LogP contribution is -2.35. The Morgan fingerprint density at radius 2 is 2.17 bits per heavy atom. The molecular formula is C11H20N6O. The fourth-order valence-corrected chi connectivity index (χ4v) is 2.24. The third-order valence-corrected chi connectivity index (χ3v) is 3.20. The highest BCUT2D eigenvalue weighted by Gasteiger charge is 2.18. The Kier molecular flexibility index (Phi) is 4.16. The van der Waals surface area contributed by atoms with E-state index in [4.69, 9.17) is 11.5 Å². The normalized spacial score (nSPS) is 17.7. The average Bonchev–Trinajstić information content (AvgIpc) is 2.59. The Morgan fingerprint density at radius 3 is 2.94 bits per heavy atom. The molecule has 7 nitrogen and oxygen atoms in total. The zero-order valence-corrected chi connectivity index (χ0v) is 10.4. The molecule has 100 valence electrons. The molecule has 1 aliphatic heterocycles. The number of hydrogen-bond acceptors (Lipinski definition) is 6. The molecule has 18 heavy (non-hydrogen) atoms. The van der Waals surface area contributed by atoms with Crippen LogP contribution in [0.4, 0.5) is 11.5 Å². The minimum Gasteiger partial charge on any atom is -0.391 e. The SMILES string of the molecule is NCCN1CCCN(c2nc[nH]c(=O)c2N)CC1. The van der Waals surface area contributed by atoms with Gasteiger partial charge in [-0.1, -0.05) is 0 Å². The van der Waals surface area contributed by atoms with Crippen LogP contribution in [0.2, 0.25) is 0 Å². The molecule has 7 heteroatoms. The number of aromatic nitrogens is 2. The van der Waals surface area contributed by atoms with E-state index < -0.39 is 0 Å². The number of hydrogen-bond donors (Lipinski definition) is 3. The number of nitrogen functional groups attached to an aromatic ring is 1. The monoisotopic (exact) mass is 252 g/mol. The van der Waals surface area contributed by atoms with Gasteiger partial charge < -0.3 is 26.3 Å². The van der Waals surface area contributed by atoms with E-state index in [2.05, 4.69) is 19.8 Å². The molecule has 2 heterocycles. The second-order valence-corrected chi connectivity index (χ2v) is 4.44. The van der Waals surface area contributed by atoms with E-state index in [1.807, 2.05) is 0 Å². The number of rotatable bonds is 3. The Bertz CT molecular complexity index is 445. The molecule has 2 rings (SSSR count). The highest BCUT2D eigenvalue weighted by atomic mass is 16.1. The molecule has 0 atom stereocenters. The molecule has 0 bridgehead atoms. The largest absolute Gasteiger partial charge is 0.391 e. The summed E-state index contributed by atoms with van der Waals surface area (Å²) in [5, 5.41) is 0. The molecule has 0 spiro atoms. The zero-order chi connectivity index (χ0) is 13.0. The number of aromatic amines is 1. The van der Waals surface area contributed by atoms with Gasteiger partial charge in [0.1, 0.15) is 5.69 Å². The van der Waals surface area contributed by atoms with Crippen molar-refractivity contribution in [3.8, 4) is 0 Å². The van der Waals surface area contributed by atoms with Crippen LogP contribution in [0.1, 0.15) is 6.42 Å². The van der Waals surface area contributed by atoms with Crippen molar-refractivity contribution in [2.45, 2.75) is 6.42 Å². The summed E-state index contributed by atoms with van der Waals surface area (Å²) in [4.78, 5) is 22.5. The summed E-state index contributed by atoms with van der Waals surface area (Å²) in [6.45, 7) is 5.21. The minimum atomic E-state index is -0.275. The van der Waals surface area contributed by atoms with Crippen molar-refractivity contribution in [3.63, 3.8) is 0 Å². The molecule has 0 amide bonds. The molecule has 0 aromatic carbocycles. The van der Waals surface area contributed by atoms with Gasteiger partial charge in [-0.3, -0.25) is 4.79 Å². The summed E-state index contributed by atoms with van der Waals surface area (Å²) in [6.07, 6.45) is 2.42. The topological polar surface area (TPSA) is 104 Å². The van der Waals surface area contributed by atoms with Crippen molar-refractivity contribution < 1.29 is 0 Å². The van der Waals surface area contributed by atoms with E-state index in [1.165, 1.54) is 6.33 Å². The standard InChI is InChI=1S/C11H20N6O/c12-2-5-16-3-1-4-17(7-6-16)10-9(13)11(18)15-8-14-10/h8H,1-7,12-13H2,(H,14,15,18). The predicted molar refractivity (Wildman–Crippen MR) is 71.6 cm³/mol. The molecule has 0 unspecified atom stereocenters. The molecule has 0 radical (unpaired) electrons. The lowest BCUT2D eigenvalue weighted by atomic mass is 10.3. The first-order valence-electron chi connectivity index (χ1n) is 6.23. The Morgan fingerprint density at radius 1 is 1.33 bits per heavy atom. The smallest absolute Gasteiger partial charge is 0.276 e. The van der Waals surface area contributed by atoms with Crippen molar-refractivity contribution >= 4 is 11.5 Å². The first-order valence-corrected chi connectivity index (χ1v) is 6.23. The summed E-state index contributed by atoms with van der Waals surface area (Å²) in [5.41, 5.74) is 11.3. The zero-order valence-electron chi connectivity index (χ0n) is 10.4. The molecule has 1 aromatic rings. The second kappa shape index (κ2) is 5.83. The van der Waals surface area contributed by atoms with E-state index >= 15 is 0 Å². The first-order chi connectivity index (χ1) is 8.72. The van der Waals surface area contributed by atoms with Crippen LogP contribution in [0.3, 0.4) is 0 Å². The van der Waals surface area contributed by atoms with Crippen LogP contribution in [0.5, 0.6) is 0 Å². The van der Waals surface area contributed by atoms with Gasteiger partial charge in [-0.05, 0) is 13.0 Å². The van der Waals surface area contributed by atoms with Crippen molar-refractivity contribution in [2.24, 2.45) is 5.73 Å². The maximum atomic E-state index is 11.5. The van der Waals surface area contributed by atoms with Crippen molar-refractivity contribution in [1.82, 2.24) is 14.9 Å². The third-order valence-electron chi connectivity index (χ3n) is 3.20. The molecule has 0 aliphatic carbocycles. The molecule has 1 aromatic heterocycles. The van der Waals surface area contributed by atoms with Crippen LogP contribution < -0.4 is 21.9 Å². The average molecular weight is 252 g/mol. The van der Waals surface area contributed by atoms with Gasteiger partial charge in [0.15, 0.2) is 5.82 Å². The highest BCUT2D eigenvalue weighted by molar-refractivity contribution is 5.60. The van der Waals surface area contributed by atoms with Gasteiger partial charge in [0.05, 0.1) is 6.33 Å². The van der Waals surface area contributed by atoms with E-state index in [9.17, 15) is 4.79 Å². The summed E-state index contributed by atoms with van der Waals surface area (Å²) in [6, 6.07) is 0. The fraction of sp³-hybridized carbons (Fsp3) is 0.636. The molecule has 5 N–H and O–H groups in total. The van der Waals surface area contributed by atoms with Gasteiger partial charge in [0.25, 0.3) is 5.56 Å². The van der Waals surface area contributed by atoms with Crippen LogP contribution in [0, 0.1) is 0 Å². The highest BCUT2D eigenvalue weighted by Crippen LogP contribution is 2.17. The van der Waals surface area contributed by atoms with Gasteiger partial charge >= 0.3 is 0 Å². The van der Waals surface area contributed by atoms with E-state index in [1.54, 1.807) is 0 Å². The maximum Gasteiger partial charge on any atom is 0.276 e. The summed E-state index contributed by atoms with van der Waals surface area (Å²) < 4.78 is 0. The van der Waals surface area contributed by atoms with E-state index in [0.717, 1.165) is 39.1 Å². The van der Waals surface area contributed by atoms with E-state index in [0.29, 0.717) is 12.4 Å². The Labute approximate surface area is 106 Å². The predicted octanol–water partition coefficient (Wildman–Crippen LogP) is -1.18. The number of nitrogens with zero attached hydrogens (tertiary/aromatic N) is 3. The molecule has 1 fully saturated rings. The second-order valence-electron chi connectivity index (χ2n) is 4.44. The van der Waals surface area contributed by atoms with Gasteiger partial charge in [0, 0.05) is 32.7 Å². The van der Waals surface area contributed by atoms with Crippen LogP contribution >= 0.6 is 0 Å². The number of nitrogens with one attached hydrogen (secondary N) is 1. The summed E-state index contributed by atoms with van der Waals surface area (Å²) >= 11 is 0. The fourth-order valence-electron chi connectivity index (χ4n) is 2.24. The van der Waals surface area contributed by atoms with Crippen LogP contribution in [-0.2, 0) is 0 Å². The summed E-state index contributed by atoms with van der Waals surface area (Å²) in [5.74, 6) is 0.591. The lowest BCUT2D eigenvalue weighted by molar-refractivity contribution is 0.302. The van der Waals surface area contributed by atoms with Gasteiger partial charge in [-0.2, -0.15) is 0 Å². The Hall–Kier alpha value is -1.60. The Balaban J connectivity index is 2.10. The third kappa shape index (κ3) is 2.80. The minimum absolute atomic E-state index is 0.199. The molecule has 1 saturated heterocycles. The first kappa shape index (κ1) is 12.8. The van der Waals surface area contributed by atoms with Crippen LogP contribution in [-0.4, -0.2) is 54.1 Å².